The van der Waals surface area contributed by atoms with Gasteiger partial charge >= 0.3 is 5.97 Å². The largest absolute Gasteiger partial charge is 0.480 e. The number of carbonyl (C=O) groups is 1. The summed E-state index contributed by atoms with van der Waals surface area (Å²) >= 11 is 5.87. The molecule has 1 heterocycles. The maximum absolute atomic E-state index is 10.5. The SMILES string of the molecule is CC(Cc1ccc(Cl)cc1)N1CC(C)(OCC(=O)O)C1. The van der Waals surface area contributed by atoms with Crippen LogP contribution in [0.3, 0.4) is 0 Å². The van der Waals surface area contributed by atoms with Crippen molar-refractivity contribution in [2.75, 3.05) is 19.7 Å². The molecule has 1 saturated heterocycles. The Bertz CT molecular complexity index is 469. The molecule has 2 rings (SSSR count). The Balaban J connectivity index is 1.80. The summed E-state index contributed by atoms with van der Waals surface area (Å²) in [6.07, 6.45) is 0.951. The molecule has 5 heteroatoms. The molecule has 1 aromatic rings. The van der Waals surface area contributed by atoms with Crippen molar-refractivity contribution in [3.63, 3.8) is 0 Å². The summed E-state index contributed by atoms with van der Waals surface area (Å²) in [5.74, 6) is -0.918. The van der Waals surface area contributed by atoms with E-state index in [0.717, 1.165) is 24.5 Å². The summed E-state index contributed by atoms with van der Waals surface area (Å²) in [5.41, 5.74) is 0.925. The minimum Gasteiger partial charge on any atom is -0.480 e. The van der Waals surface area contributed by atoms with Crippen LogP contribution in [0, 0.1) is 0 Å². The molecule has 1 atom stereocenters. The lowest BCUT2D eigenvalue weighted by Crippen LogP contribution is -2.64. The number of likely N-dealkylation sites (tertiary alicyclic amines) is 1. The average Bonchev–Trinajstić information content (AvgIpc) is 2.35. The van der Waals surface area contributed by atoms with Gasteiger partial charge in [0.1, 0.15) is 6.61 Å². The Hall–Kier alpha value is -1.10. The maximum atomic E-state index is 10.5. The summed E-state index contributed by atoms with van der Waals surface area (Å²) < 4.78 is 5.41. The van der Waals surface area contributed by atoms with E-state index < -0.39 is 5.97 Å². The fourth-order valence-electron chi connectivity index (χ4n) is 2.54. The molecular formula is C15H20ClNO3. The Morgan fingerprint density at radius 3 is 2.60 bits per heavy atom. The Labute approximate surface area is 124 Å². The van der Waals surface area contributed by atoms with Crippen LogP contribution in [0.5, 0.6) is 0 Å². The lowest BCUT2D eigenvalue weighted by Gasteiger charge is -2.50. The Kier molecular flexibility index (Phi) is 4.68. The third kappa shape index (κ3) is 3.95. The Morgan fingerprint density at radius 2 is 2.05 bits per heavy atom. The van der Waals surface area contributed by atoms with Gasteiger partial charge in [-0.15, -0.1) is 0 Å². The van der Waals surface area contributed by atoms with Crippen LogP contribution in [0.1, 0.15) is 19.4 Å². The van der Waals surface area contributed by atoms with Crippen LogP contribution in [0.4, 0.5) is 0 Å². The molecule has 0 spiro atoms. The fourth-order valence-corrected chi connectivity index (χ4v) is 2.67. The molecule has 4 nitrogen and oxygen atoms in total. The van der Waals surface area contributed by atoms with E-state index in [1.54, 1.807) is 0 Å². The van der Waals surface area contributed by atoms with Gasteiger partial charge in [-0.2, -0.15) is 0 Å². The highest BCUT2D eigenvalue weighted by Gasteiger charge is 2.41. The minimum absolute atomic E-state index is 0.226. The van der Waals surface area contributed by atoms with Crippen molar-refractivity contribution in [2.45, 2.75) is 31.9 Å². The van der Waals surface area contributed by atoms with Gasteiger partial charge in [-0.05, 0) is 38.0 Å². The van der Waals surface area contributed by atoms with Crippen LogP contribution in [-0.2, 0) is 16.0 Å². The lowest BCUT2D eigenvalue weighted by atomic mass is 9.92. The number of ether oxygens (including phenoxy) is 1. The van der Waals surface area contributed by atoms with Gasteiger partial charge in [0.25, 0.3) is 0 Å². The molecule has 1 aromatic carbocycles. The molecule has 0 radical (unpaired) electrons. The summed E-state index contributed by atoms with van der Waals surface area (Å²) in [6, 6.07) is 8.29. The molecular weight excluding hydrogens is 278 g/mol. The quantitative estimate of drug-likeness (QED) is 0.876. The number of carboxylic acids is 1. The van der Waals surface area contributed by atoms with Crippen molar-refractivity contribution in [2.24, 2.45) is 0 Å². The maximum Gasteiger partial charge on any atom is 0.329 e. The number of benzene rings is 1. The molecule has 0 amide bonds. The van der Waals surface area contributed by atoms with Crippen molar-refractivity contribution in [1.29, 1.82) is 0 Å². The monoisotopic (exact) mass is 297 g/mol. The predicted octanol–water partition coefficient (Wildman–Crippen LogP) is 2.45. The zero-order chi connectivity index (χ0) is 14.8. The van der Waals surface area contributed by atoms with E-state index >= 15 is 0 Å². The molecule has 1 unspecified atom stereocenters. The second-order valence-electron chi connectivity index (χ2n) is 5.72. The number of hydrogen-bond donors (Lipinski definition) is 1. The van der Waals surface area contributed by atoms with Crippen molar-refractivity contribution in [3.8, 4) is 0 Å². The summed E-state index contributed by atoms with van der Waals surface area (Å²) in [6.45, 7) is 5.45. The van der Waals surface area contributed by atoms with Crippen molar-refractivity contribution >= 4 is 17.6 Å². The highest BCUT2D eigenvalue weighted by molar-refractivity contribution is 6.30. The Morgan fingerprint density at radius 1 is 1.45 bits per heavy atom. The third-order valence-electron chi connectivity index (χ3n) is 3.69. The van der Waals surface area contributed by atoms with Gasteiger partial charge in [-0.1, -0.05) is 23.7 Å². The topological polar surface area (TPSA) is 49.8 Å². The van der Waals surface area contributed by atoms with Crippen molar-refractivity contribution in [1.82, 2.24) is 4.90 Å². The smallest absolute Gasteiger partial charge is 0.329 e. The summed E-state index contributed by atoms with van der Waals surface area (Å²) in [4.78, 5) is 12.8. The highest BCUT2D eigenvalue weighted by atomic mass is 35.5. The second-order valence-corrected chi connectivity index (χ2v) is 6.15. The van der Waals surface area contributed by atoms with Crippen LogP contribution in [0.15, 0.2) is 24.3 Å². The van der Waals surface area contributed by atoms with Gasteiger partial charge in [-0.3, -0.25) is 4.90 Å². The molecule has 0 saturated carbocycles. The zero-order valence-electron chi connectivity index (χ0n) is 11.8. The van der Waals surface area contributed by atoms with Crippen molar-refractivity contribution in [3.05, 3.63) is 34.9 Å². The molecule has 1 aliphatic rings. The molecule has 0 bridgehead atoms. The number of nitrogens with zero attached hydrogens (tertiary/aromatic N) is 1. The first-order valence-electron chi connectivity index (χ1n) is 6.72. The van der Waals surface area contributed by atoms with Crippen LogP contribution in [-0.4, -0.2) is 47.3 Å². The first-order valence-corrected chi connectivity index (χ1v) is 7.10. The van der Waals surface area contributed by atoms with Gasteiger partial charge in [-0.25, -0.2) is 4.79 Å². The van der Waals surface area contributed by atoms with Crippen molar-refractivity contribution < 1.29 is 14.6 Å². The summed E-state index contributed by atoms with van der Waals surface area (Å²) in [5, 5.41) is 9.39. The predicted molar refractivity (Wildman–Crippen MR) is 78.2 cm³/mol. The van der Waals surface area contributed by atoms with Crippen LogP contribution >= 0.6 is 11.6 Å². The lowest BCUT2D eigenvalue weighted by molar-refractivity contribution is -0.168. The molecule has 0 aromatic heterocycles. The average molecular weight is 298 g/mol. The van der Waals surface area contributed by atoms with E-state index in [9.17, 15) is 4.79 Å². The molecule has 1 aliphatic heterocycles. The molecule has 20 heavy (non-hydrogen) atoms. The standard InChI is InChI=1S/C15H20ClNO3/c1-11(7-12-3-5-13(16)6-4-12)17-9-15(2,10-17)20-8-14(18)19/h3-6,11H,7-10H2,1-2H3,(H,18,19). The molecule has 0 aliphatic carbocycles. The zero-order valence-corrected chi connectivity index (χ0v) is 12.6. The van der Waals surface area contributed by atoms with E-state index in [1.807, 2.05) is 31.2 Å². The van der Waals surface area contributed by atoms with E-state index in [1.165, 1.54) is 5.56 Å². The molecule has 1 fully saturated rings. The first-order chi connectivity index (χ1) is 9.38. The van der Waals surface area contributed by atoms with E-state index in [0.29, 0.717) is 6.04 Å². The number of hydrogen-bond acceptors (Lipinski definition) is 3. The second kappa shape index (κ2) is 6.12. The van der Waals surface area contributed by atoms with Gasteiger partial charge in [0.05, 0.1) is 5.60 Å². The van der Waals surface area contributed by atoms with Crippen LogP contribution in [0.2, 0.25) is 5.02 Å². The van der Waals surface area contributed by atoms with E-state index in [4.69, 9.17) is 21.4 Å². The van der Waals surface area contributed by atoms with Gasteiger partial charge in [0, 0.05) is 24.2 Å². The summed E-state index contributed by atoms with van der Waals surface area (Å²) in [7, 11) is 0. The van der Waals surface area contributed by atoms with E-state index in [2.05, 4.69) is 11.8 Å². The number of carboxylic acid groups (broad SMARTS) is 1. The van der Waals surface area contributed by atoms with Gasteiger partial charge in [0.2, 0.25) is 0 Å². The van der Waals surface area contributed by atoms with Gasteiger partial charge < -0.3 is 9.84 Å². The number of aliphatic carboxylic acids is 1. The van der Waals surface area contributed by atoms with Crippen LogP contribution < -0.4 is 0 Å². The molecule has 110 valence electrons. The number of rotatable bonds is 6. The minimum atomic E-state index is -0.918. The fraction of sp³-hybridized carbons (Fsp3) is 0.533. The van der Waals surface area contributed by atoms with Crippen LogP contribution in [0.25, 0.3) is 0 Å². The molecule has 1 N–H and O–H groups in total. The highest BCUT2D eigenvalue weighted by Crippen LogP contribution is 2.27. The van der Waals surface area contributed by atoms with Gasteiger partial charge in [0.15, 0.2) is 0 Å². The van der Waals surface area contributed by atoms with E-state index in [-0.39, 0.29) is 12.2 Å². The first kappa shape index (κ1) is 15.3. The number of halogens is 1. The third-order valence-corrected chi connectivity index (χ3v) is 3.94. The normalized spacial score (nSPS) is 19.4.